The van der Waals surface area contributed by atoms with Crippen LogP contribution in [0.15, 0.2) is 30.3 Å². The van der Waals surface area contributed by atoms with Crippen molar-refractivity contribution in [3.8, 4) is 0 Å². The molecule has 1 aromatic carbocycles. The van der Waals surface area contributed by atoms with Gasteiger partial charge in [-0.2, -0.15) is 0 Å². The fraction of sp³-hybridized carbons (Fsp3) is 0.600. The molecule has 0 amide bonds. The molecule has 0 heteroatoms. The third-order valence-electron chi connectivity index (χ3n) is 3.97. The van der Waals surface area contributed by atoms with Gasteiger partial charge in [0.15, 0.2) is 0 Å². The summed E-state index contributed by atoms with van der Waals surface area (Å²) in [6, 6.07) is 11.0. The second-order valence-electron chi connectivity index (χ2n) is 5.35. The van der Waals surface area contributed by atoms with Crippen molar-refractivity contribution < 1.29 is 0 Å². The van der Waals surface area contributed by atoms with Gasteiger partial charge in [-0.1, -0.05) is 57.0 Å². The van der Waals surface area contributed by atoms with Gasteiger partial charge >= 0.3 is 0 Å². The van der Waals surface area contributed by atoms with Gasteiger partial charge in [-0.25, -0.2) is 0 Å². The first kappa shape index (κ1) is 10.7. The molecule has 0 aromatic heterocycles. The van der Waals surface area contributed by atoms with Crippen molar-refractivity contribution in [2.75, 3.05) is 0 Å². The average Bonchev–Trinajstić information content (AvgIpc) is 2.25. The minimum absolute atomic E-state index is 0.913. The first-order valence-electron chi connectivity index (χ1n) is 6.29. The maximum absolute atomic E-state index is 2.43. The van der Waals surface area contributed by atoms with Crippen molar-refractivity contribution in [2.45, 2.75) is 39.5 Å². The van der Waals surface area contributed by atoms with E-state index in [2.05, 4.69) is 44.2 Å². The molecule has 0 radical (unpaired) electrons. The Labute approximate surface area is 93.7 Å². The lowest BCUT2D eigenvalue weighted by Crippen LogP contribution is -2.23. The second kappa shape index (κ2) is 4.83. The summed E-state index contributed by atoms with van der Waals surface area (Å²) in [5, 5.41) is 0. The van der Waals surface area contributed by atoms with E-state index in [0.29, 0.717) is 0 Å². The van der Waals surface area contributed by atoms with E-state index in [4.69, 9.17) is 0 Å². The van der Waals surface area contributed by atoms with Crippen LogP contribution in [0.25, 0.3) is 0 Å². The van der Waals surface area contributed by atoms with E-state index in [1.807, 2.05) is 0 Å². The van der Waals surface area contributed by atoms with Crippen LogP contribution >= 0.6 is 0 Å². The van der Waals surface area contributed by atoms with E-state index < -0.39 is 0 Å². The molecule has 0 nitrogen and oxygen atoms in total. The summed E-state index contributed by atoms with van der Waals surface area (Å²) in [6.07, 6.45) is 5.58. The molecular weight excluding hydrogens is 180 g/mol. The topological polar surface area (TPSA) is 0 Å². The predicted octanol–water partition coefficient (Wildman–Crippen LogP) is 4.30. The minimum Gasteiger partial charge on any atom is -0.0625 e. The molecular formula is C15H22. The standard InChI is InChI=1S/C15H22/c1-12-8-9-13(2)15(10-12)11-14-6-4-3-5-7-14/h3-7,12-13,15H,8-11H2,1-2H3/t12?,13?,15-/m1/s1. The van der Waals surface area contributed by atoms with Crippen LogP contribution in [0, 0.1) is 17.8 Å². The van der Waals surface area contributed by atoms with Crippen molar-refractivity contribution >= 4 is 0 Å². The molecule has 15 heavy (non-hydrogen) atoms. The Morgan fingerprint density at radius 2 is 1.80 bits per heavy atom. The van der Waals surface area contributed by atoms with Crippen molar-refractivity contribution in [3.63, 3.8) is 0 Å². The van der Waals surface area contributed by atoms with Crippen LogP contribution < -0.4 is 0 Å². The highest BCUT2D eigenvalue weighted by atomic mass is 14.3. The van der Waals surface area contributed by atoms with E-state index in [0.717, 1.165) is 17.8 Å². The molecule has 0 bridgehead atoms. The molecule has 2 rings (SSSR count). The zero-order valence-corrected chi connectivity index (χ0v) is 9.95. The molecule has 0 N–H and O–H groups in total. The lowest BCUT2D eigenvalue weighted by atomic mass is 9.73. The number of hydrogen-bond donors (Lipinski definition) is 0. The Hall–Kier alpha value is -0.780. The van der Waals surface area contributed by atoms with Gasteiger partial charge in [-0.15, -0.1) is 0 Å². The molecule has 0 saturated heterocycles. The highest BCUT2D eigenvalue weighted by molar-refractivity contribution is 5.15. The van der Waals surface area contributed by atoms with E-state index >= 15 is 0 Å². The van der Waals surface area contributed by atoms with Gasteiger partial charge in [0.25, 0.3) is 0 Å². The van der Waals surface area contributed by atoms with Gasteiger partial charge in [-0.05, 0) is 36.2 Å². The largest absolute Gasteiger partial charge is 0.0625 e. The monoisotopic (exact) mass is 202 g/mol. The highest BCUT2D eigenvalue weighted by Crippen LogP contribution is 2.35. The van der Waals surface area contributed by atoms with E-state index in [1.54, 1.807) is 0 Å². The molecule has 1 aliphatic rings. The molecule has 1 fully saturated rings. The van der Waals surface area contributed by atoms with Crippen LogP contribution in [0.5, 0.6) is 0 Å². The van der Waals surface area contributed by atoms with Crippen LogP contribution in [0.1, 0.15) is 38.7 Å². The van der Waals surface area contributed by atoms with Gasteiger partial charge < -0.3 is 0 Å². The first-order valence-corrected chi connectivity index (χ1v) is 6.29. The summed E-state index contributed by atoms with van der Waals surface area (Å²) in [6.45, 7) is 4.84. The summed E-state index contributed by atoms with van der Waals surface area (Å²) in [5.74, 6) is 2.77. The fourth-order valence-corrected chi connectivity index (χ4v) is 2.85. The zero-order valence-electron chi connectivity index (χ0n) is 9.95. The van der Waals surface area contributed by atoms with Gasteiger partial charge in [0.2, 0.25) is 0 Å². The zero-order chi connectivity index (χ0) is 10.7. The molecule has 2 unspecified atom stereocenters. The van der Waals surface area contributed by atoms with Crippen LogP contribution in [-0.2, 0) is 6.42 Å². The van der Waals surface area contributed by atoms with Gasteiger partial charge in [-0.3, -0.25) is 0 Å². The van der Waals surface area contributed by atoms with E-state index in [9.17, 15) is 0 Å². The molecule has 1 saturated carbocycles. The highest BCUT2D eigenvalue weighted by Gasteiger charge is 2.25. The number of rotatable bonds is 2. The summed E-state index contributed by atoms with van der Waals surface area (Å²) in [4.78, 5) is 0. The normalized spacial score (nSPS) is 31.5. The number of benzene rings is 1. The minimum atomic E-state index is 0.913. The summed E-state index contributed by atoms with van der Waals surface area (Å²) in [7, 11) is 0. The van der Waals surface area contributed by atoms with Crippen LogP contribution in [0.2, 0.25) is 0 Å². The predicted molar refractivity (Wildman–Crippen MR) is 65.8 cm³/mol. The van der Waals surface area contributed by atoms with Crippen LogP contribution in [-0.4, -0.2) is 0 Å². The summed E-state index contributed by atoms with van der Waals surface area (Å²) >= 11 is 0. The lowest BCUT2D eigenvalue weighted by Gasteiger charge is -2.32. The number of hydrogen-bond acceptors (Lipinski definition) is 0. The molecule has 0 aliphatic heterocycles. The molecule has 82 valence electrons. The van der Waals surface area contributed by atoms with Crippen molar-refractivity contribution in [3.05, 3.63) is 35.9 Å². The van der Waals surface area contributed by atoms with Gasteiger partial charge in [0.05, 0.1) is 0 Å². The van der Waals surface area contributed by atoms with Crippen LogP contribution in [0.3, 0.4) is 0 Å². The summed E-state index contributed by atoms with van der Waals surface area (Å²) < 4.78 is 0. The Morgan fingerprint density at radius 1 is 1.07 bits per heavy atom. The third-order valence-corrected chi connectivity index (χ3v) is 3.97. The van der Waals surface area contributed by atoms with Gasteiger partial charge in [0.1, 0.15) is 0 Å². The Morgan fingerprint density at radius 3 is 2.53 bits per heavy atom. The molecule has 1 aliphatic carbocycles. The SMILES string of the molecule is CC1CCC(C)[C@@H](Cc2ccccc2)C1. The third kappa shape index (κ3) is 2.84. The first-order chi connectivity index (χ1) is 7.25. The van der Waals surface area contributed by atoms with Crippen molar-refractivity contribution in [1.29, 1.82) is 0 Å². The molecule has 1 aromatic rings. The van der Waals surface area contributed by atoms with Crippen LogP contribution in [0.4, 0.5) is 0 Å². The maximum atomic E-state index is 2.43. The van der Waals surface area contributed by atoms with Crippen molar-refractivity contribution in [2.24, 2.45) is 17.8 Å². The fourth-order valence-electron chi connectivity index (χ4n) is 2.85. The summed E-state index contributed by atoms with van der Waals surface area (Å²) in [5.41, 5.74) is 1.52. The second-order valence-corrected chi connectivity index (χ2v) is 5.35. The molecule has 3 atom stereocenters. The van der Waals surface area contributed by atoms with E-state index in [1.165, 1.54) is 31.2 Å². The lowest BCUT2D eigenvalue weighted by molar-refractivity contribution is 0.203. The quantitative estimate of drug-likeness (QED) is 0.670. The van der Waals surface area contributed by atoms with E-state index in [-0.39, 0.29) is 0 Å². The van der Waals surface area contributed by atoms with Gasteiger partial charge in [0, 0.05) is 0 Å². The smallest absolute Gasteiger partial charge is 0.0248 e. The Bertz CT molecular complexity index is 288. The Balaban J connectivity index is 1.98. The van der Waals surface area contributed by atoms with Crippen molar-refractivity contribution in [1.82, 2.24) is 0 Å². The molecule has 0 heterocycles. The molecule has 0 spiro atoms. The Kier molecular flexibility index (Phi) is 3.45. The average molecular weight is 202 g/mol. The maximum Gasteiger partial charge on any atom is -0.0248 e.